The van der Waals surface area contributed by atoms with Crippen LogP contribution in [0.25, 0.3) is 0 Å². The SMILES string of the molecule is CCCNC(=O)CN(C)CC(=O)Nc1c(C)cccc1C. The summed E-state index contributed by atoms with van der Waals surface area (Å²) in [7, 11) is 1.76. The molecule has 0 unspecified atom stereocenters. The molecule has 1 aromatic rings. The van der Waals surface area contributed by atoms with Crippen molar-refractivity contribution in [3.05, 3.63) is 29.3 Å². The number of carbonyl (C=O) groups is 2. The maximum Gasteiger partial charge on any atom is 0.238 e. The predicted octanol–water partition coefficient (Wildman–Crippen LogP) is 1.70. The standard InChI is InChI=1S/C16H25N3O2/c1-5-9-17-14(20)10-19(4)11-15(21)18-16-12(2)7-6-8-13(16)3/h6-8H,5,9-11H2,1-4H3,(H,17,20)(H,18,21). The molecule has 5 heteroatoms. The highest BCUT2D eigenvalue weighted by Gasteiger charge is 2.12. The number of amides is 2. The molecular formula is C16H25N3O2. The highest BCUT2D eigenvalue weighted by molar-refractivity contribution is 5.94. The van der Waals surface area contributed by atoms with Gasteiger partial charge in [-0.05, 0) is 38.4 Å². The lowest BCUT2D eigenvalue weighted by Gasteiger charge is -2.17. The zero-order valence-corrected chi connectivity index (χ0v) is 13.3. The molecule has 0 fully saturated rings. The third-order valence-electron chi connectivity index (χ3n) is 3.14. The molecule has 116 valence electrons. The van der Waals surface area contributed by atoms with Gasteiger partial charge in [-0.3, -0.25) is 14.5 Å². The Bertz CT molecular complexity index is 480. The van der Waals surface area contributed by atoms with Gasteiger partial charge in [0.15, 0.2) is 0 Å². The number of likely N-dealkylation sites (N-methyl/N-ethyl adjacent to an activating group) is 1. The molecule has 0 atom stereocenters. The minimum absolute atomic E-state index is 0.0563. The lowest BCUT2D eigenvalue weighted by atomic mass is 10.1. The van der Waals surface area contributed by atoms with Crippen molar-refractivity contribution < 1.29 is 9.59 Å². The van der Waals surface area contributed by atoms with Crippen LogP contribution in [0.3, 0.4) is 0 Å². The average Bonchev–Trinajstić information content (AvgIpc) is 2.40. The number of nitrogens with zero attached hydrogens (tertiary/aromatic N) is 1. The first kappa shape index (κ1) is 17.2. The van der Waals surface area contributed by atoms with Gasteiger partial charge in [0.05, 0.1) is 13.1 Å². The fraction of sp³-hybridized carbons (Fsp3) is 0.500. The van der Waals surface area contributed by atoms with Gasteiger partial charge >= 0.3 is 0 Å². The Morgan fingerprint density at radius 3 is 2.24 bits per heavy atom. The van der Waals surface area contributed by atoms with Gasteiger partial charge in [0, 0.05) is 12.2 Å². The van der Waals surface area contributed by atoms with E-state index in [1.54, 1.807) is 11.9 Å². The molecule has 0 aliphatic heterocycles. The van der Waals surface area contributed by atoms with E-state index in [-0.39, 0.29) is 24.9 Å². The molecular weight excluding hydrogens is 266 g/mol. The molecule has 0 aliphatic carbocycles. The normalized spacial score (nSPS) is 10.5. The molecule has 2 amide bonds. The van der Waals surface area contributed by atoms with Gasteiger partial charge in [-0.15, -0.1) is 0 Å². The first-order valence-corrected chi connectivity index (χ1v) is 7.25. The van der Waals surface area contributed by atoms with E-state index in [0.717, 1.165) is 23.2 Å². The van der Waals surface area contributed by atoms with Crippen LogP contribution < -0.4 is 10.6 Å². The lowest BCUT2D eigenvalue weighted by molar-refractivity contribution is -0.122. The molecule has 0 bridgehead atoms. The number of aryl methyl sites for hydroxylation is 2. The van der Waals surface area contributed by atoms with E-state index in [1.807, 2.05) is 39.0 Å². The van der Waals surface area contributed by atoms with Crippen LogP contribution in [0.2, 0.25) is 0 Å². The monoisotopic (exact) mass is 291 g/mol. The predicted molar refractivity (Wildman–Crippen MR) is 85.3 cm³/mol. The number of para-hydroxylation sites is 1. The van der Waals surface area contributed by atoms with Crippen molar-refractivity contribution in [1.29, 1.82) is 0 Å². The Morgan fingerprint density at radius 2 is 1.67 bits per heavy atom. The number of hydrogen-bond donors (Lipinski definition) is 2. The average molecular weight is 291 g/mol. The first-order valence-electron chi connectivity index (χ1n) is 7.25. The topological polar surface area (TPSA) is 61.4 Å². The van der Waals surface area contributed by atoms with E-state index in [1.165, 1.54) is 0 Å². The number of hydrogen-bond acceptors (Lipinski definition) is 3. The van der Waals surface area contributed by atoms with Crippen molar-refractivity contribution in [3.8, 4) is 0 Å². The van der Waals surface area contributed by atoms with Crippen molar-refractivity contribution in [2.45, 2.75) is 27.2 Å². The summed E-state index contributed by atoms with van der Waals surface area (Å²) >= 11 is 0. The van der Waals surface area contributed by atoms with Gasteiger partial charge in [-0.1, -0.05) is 25.1 Å². The molecule has 0 aliphatic rings. The fourth-order valence-corrected chi connectivity index (χ4v) is 2.06. The zero-order chi connectivity index (χ0) is 15.8. The molecule has 5 nitrogen and oxygen atoms in total. The number of nitrogens with one attached hydrogen (secondary N) is 2. The van der Waals surface area contributed by atoms with Gasteiger partial charge in [0.1, 0.15) is 0 Å². The van der Waals surface area contributed by atoms with E-state index < -0.39 is 0 Å². The van der Waals surface area contributed by atoms with Gasteiger partial charge in [-0.25, -0.2) is 0 Å². The number of anilines is 1. The molecule has 21 heavy (non-hydrogen) atoms. The molecule has 0 spiro atoms. The number of carbonyl (C=O) groups excluding carboxylic acids is 2. The van der Waals surface area contributed by atoms with Crippen molar-refractivity contribution >= 4 is 17.5 Å². The minimum atomic E-state index is -0.113. The second kappa shape index (κ2) is 8.42. The van der Waals surface area contributed by atoms with Crippen LogP contribution in [0.5, 0.6) is 0 Å². The molecule has 1 rings (SSSR count). The van der Waals surface area contributed by atoms with E-state index in [9.17, 15) is 9.59 Å². The lowest BCUT2D eigenvalue weighted by Crippen LogP contribution is -2.39. The van der Waals surface area contributed by atoms with E-state index in [0.29, 0.717) is 6.54 Å². The molecule has 0 saturated heterocycles. The largest absolute Gasteiger partial charge is 0.355 e. The van der Waals surface area contributed by atoms with Crippen molar-refractivity contribution in [1.82, 2.24) is 10.2 Å². The smallest absolute Gasteiger partial charge is 0.238 e. The maximum absolute atomic E-state index is 12.0. The Morgan fingerprint density at radius 1 is 1.10 bits per heavy atom. The van der Waals surface area contributed by atoms with Crippen LogP contribution in [0.1, 0.15) is 24.5 Å². The summed E-state index contributed by atoms with van der Waals surface area (Å²) in [6, 6.07) is 5.89. The highest BCUT2D eigenvalue weighted by Crippen LogP contribution is 2.19. The second-order valence-electron chi connectivity index (χ2n) is 5.34. The maximum atomic E-state index is 12.0. The quantitative estimate of drug-likeness (QED) is 0.804. The van der Waals surface area contributed by atoms with Crippen molar-refractivity contribution in [2.24, 2.45) is 0 Å². The van der Waals surface area contributed by atoms with Crippen LogP contribution in [-0.2, 0) is 9.59 Å². The van der Waals surface area contributed by atoms with Crippen LogP contribution in [0, 0.1) is 13.8 Å². The molecule has 0 heterocycles. The van der Waals surface area contributed by atoms with Crippen LogP contribution in [0.15, 0.2) is 18.2 Å². The van der Waals surface area contributed by atoms with E-state index >= 15 is 0 Å². The van der Waals surface area contributed by atoms with Crippen molar-refractivity contribution in [2.75, 3.05) is 32.0 Å². The molecule has 0 saturated carbocycles. The van der Waals surface area contributed by atoms with E-state index in [2.05, 4.69) is 10.6 Å². The van der Waals surface area contributed by atoms with Crippen LogP contribution in [0.4, 0.5) is 5.69 Å². The Balaban J connectivity index is 2.48. The second-order valence-corrected chi connectivity index (χ2v) is 5.34. The first-order chi connectivity index (χ1) is 9.93. The fourth-order valence-electron chi connectivity index (χ4n) is 2.06. The third-order valence-corrected chi connectivity index (χ3v) is 3.14. The van der Waals surface area contributed by atoms with Crippen LogP contribution in [-0.4, -0.2) is 43.4 Å². The Labute approximate surface area is 126 Å². The van der Waals surface area contributed by atoms with Crippen LogP contribution >= 0.6 is 0 Å². The Hall–Kier alpha value is -1.88. The Kier molecular flexibility index (Phi) is 6.88. The van der Waals surface area contributed by atoms with Gasteiger partial charge in [0.25, 0.3) is 0 Å². The highest BCUT2D eigenvalue weighted by atomic mass is 16.2. The molecule has 0 radical (unpaired) electrons. The molecule has 0 aromatic heterocycles. The zero-order valence-electron chi connectivity index (χ0n) is 13.3. The summed E-state index contributed by atoms with van der Waals surface area (Å²) in [6.07, 6.45) is 0.905. The van der Waals surface area contributed by atoms with Gasteiger partial charge in [0.2, 0.25) is 11.8 Å². The summed E-state index contributed by atoms with van der Waals surface area (Å²) in [4.78, 5) is 25.3. The third kappa shape index (κ3) is 5.95. The van der Waals surface area contributed by atoms with Crippen molar-refractivity contribution in [3.63, 3.8) is 0 Å². The molecule has 2 N–H and O–H groups in total. The van der Waals surface area contributed by atoms with Gasteiger partial charge in [-0.2, -0.15) is 0 Å². The molecule has 1 aromatic carbocycles. The summed E-state index contributed by atoms with van der Waals surface area (Å²) in [5, 5.41) is 5.71. The summed E-state index contributed by atoms with van der Waals surface area (Å²) in [5.41, 5.74) is 2.92. The summed E-state index contributed by atoms with van der Waals surface area (Å²) in [5.74, 6) is -0.169. The number of rotatable bonds is 7. The number of benzene rings is 1. The summed E-state index contributed by atoms with van der Waals surface area (Å²) in [6.45, 7) is 7.01. The summed E-state index contributed by atoms with van der Waals surface area (Å²) < 4.78 is 0. The van der Waals surface area contributed by atoms with E-state index in [4.69, 9.17) is 0 Å². The minimum Gasteiger partial charge on any atom is -0.355 e. The van der Waals surface area contributed by atoms with Gasteiger partial charge < -0.3 is 10.6 Å².